The van der Waals surface area contributed by atoms with Crippen LogP contribution in [0.3, 0.4) is 0 Å². The number of amides is 1. The Balaban J connectivity index is 1.58. The highest BCUT2D eigenvalue weighted by atomic mass is 35.5. The molecule has 1 amide bonds. The van der Waals surface area contributed by atoms with Crippen molar-refractivity contribution in [1.29, 1.82) is 0 Å². The van der Waals surface area contributed by atoms with Gasteiger partial charge in [-0.1, -0.05) is 41.4 Å². The molecule has 0 N–H and O–H groups in total. The first-order valence-electron chi connectivity index (χ1n) is 8.75. The fourth-order valence-corrected chi connectivity index (χ4v) is 5.22. The Morgan fingerprint density at radius 3 is 2.29 bits per heavy atom. The van der Waals surface area contributed by atoms with E-state index < -0.39 is 10.0 Å². The molecule has 0 aliphatic carbocycles. The Hall–Kier alpha value is -1.67. The third-order valence-corrected chi connectivity index (χ3v) is 7.54. The van der Waals surface area contributed by atoms with Crippen LogP contribution in [0, 0.1) is 5.82 Å². The zero-order valence-electron chi connectivity index (χ0n) is 14.9. The maximum Gasteiger partial charge on any atom is 0.244 e. The SMILES string of the molecule is O=C(CCc1ccc(F)cc1)N1CCN(S(=O)(=O)c2cccc(Cl)c2Cl)CC1. The van der Waals surface area contributed by atoms with Crippen molar-refractivity contribution in [2.75, 3.05) is 26.2 Å². The number of nitrogens with zero attached hydrogens (tertiary/aromatic N) is 2. The Kier molecular flexibility index (Phi) is 6.60. The van der Waals surface area contributed by atoms with Crippen LogP contribution in [0.1, 0.15) is 12.0 Å². The first-order valence-corrected chi connectivity index (χ1v) is 10.9. The summed E-state index contributed by atoms with van der Waals surface area (Å²) in [5, 5.41) is 0.180. The summed E-state index contributed by atoms with van der Waals surface area (Å²) in [4.78, 5) is 14.0. The molecule has 5 nitrogen and oxygen atoms in total. The fraction of sp³-hybridized carbons (Fsp3) is 0.316. The van der Waals surface area contributed by atoms with E-state index in [-0.39, 0.29) is 39.8 Å². The van der Waals surface area contributed by atoms with E-state index in [9.17, 15) is 17.6 Å². The fourth-order valence-electron chi connectivity index (χ4n) is 3.06. The molecular formula is C19H19Cl2FN2O3S. The van der Waals surface area contributed by atoms with Crippen LogP contribution in [0.5, 0.6) is 0 Å². The van der Waals surface area contributed by atoms with E-state index in [2.05, 4.69) is 0 Å². The van der Waals surface area contributed by atoms with Gasteiger partial charge in [0, 0.05) is 32.6 Å². The van der Waals surface area contributed by atoms with Crippen LogP contribution in [0.2, 0.25) is 10.0 Å². The number of hydrogen-bond donors (Lipinski definition) is 0. The van der Waals surface area contributed by atoms with Crippen molar-refractivity contribution in [2.24, 2.45) is 0 Å². The lowest BCUT2D eigenvalue weighted by Crippen LogP contribution is -2.50. The lowest BCUT2D eigenvalue weighted by Gasteiger charge is -2.34. The predicted octanol–water partition coefficient (Wildman–Crippen LogP) is 3.60. The molecule has 0 aromatic heterocycles. The van der Waals surface area contributed by atoms with Gasteiger partial charge in [-0.15, -0.1) is 0 Å². The van der Waals surface area contributed by atoms with Crippen molar-refractivity contribution < 1.29 is 17.6 Å². The second kappa shape index (κ2) is 8.78. The molecule has 1 saturated heterocycles. The molecular weight excluding hydrogens is 426 g/mol. The van der Waals surface area contributed by atoms with Crippen LogP contribution in [0.25, 0.3) is 0 Å². The van der Waals surface area contributed by atoms with E-state index in [4.69, 9.17) is 23.2 Å². The number of halogens is 3. The van der Waals surface area contributed by atoms with E-state index in [0.717, 1.165) is 5.56 Å². The smallest absolute Gasteiger partial charge is 0.244 e. The Bertz CT molecular complexity index is 960. The van der Waals surface area contributed by atoms with Crippen LogP contribution in [-0.2, 0) is 21.2 Å². The second-order valence-corrected chi connectivity index (χ2v) is 9.15. The van der Waals surface area contributed by atoms with Crippen molar-refractivity contribution in [2.45, 2.75) is 17.7 Å². The maximum atomic E-state index is 12.9. The summed E-state index contributed by atoms with van der Waals surface area (Å²) < 4.78 is 39.9. The van der Waals surface area contributed by atoms with Gasteiger partial charge in [0.05, 0.1) is 10.0 Å². The molecule has 2 aromatic carbocycles. The van der Waals surface area contributed by atoms with Gasteiger partial charge in [0.2, 0.25) is 15.9 Å². The number of rotatable bonds is 5. The Morgan fingerprint density at radius 1 is 1.00 bits per heavy atom. The van der Waals surface area contributed by atoms with E-state index in [1.807, 2.05) is 0 Å². The number of aryl methyl sites for hydroxylation is 1. The third kappa shape index (κ3) is 4.66. The number of carbonyl (C=O) groups excluding carboxylic acids is 1. The highest BCUT2D eigenvalue weighted by molar-refractivity contribution is 7.89. The Labute approximate surface area is 173 Å². The summed E-state index contributed by atoms with van der Waals surface area (Å²) in [6.07, 6.45) is 0.800. The topological polar surface area (TPSA) is 57.7 Å². The molecule has 9 heteroatoms. The number of piperazine rings is 1. The molecule has 1 fully saturated rings. The molecule has 0 spiro atoms. The molecule has 1 aliphatic heterocycles. The van der Waals surface area contributed by atoms with Gasteiger partial charge in [-0.05, 0) is 36.2 Å². The molecule has 1 aliphatic rings. The van der Waals surface area contributed by atoms with Gasteiger partial charge < -0.3 is 4.90 Å². The number of sulfonamides is 1. The van der Waals surface area contributed by atoms with Gasteiger partial charge in [0.15, 0.2) is 0 Å². The standard InChI is InChI=1S/C19H19Cl2FN2O3S/c20-16-2-1-3-17(19(16)21)28(26,27)24-12-10-23(11-13-24)18(25)9-6-14-4-7-15(22)8-5-14/h1-5,7-8H,6,9-13H2. The molecule has 0 atom stereocenters. The average molecular weight is 445 g/mol. The molecule has 28 heavy (non-hydrogen) atoms. The third-order valence-electron chi connectivity index (χ3n) is 4.67. The van der Waals surface area contributed by atoms with Crippen molar-refractivity contribution in [3.8, 4) is 0 Å². The molecule has 0 unspecified atom stereocenters. The van der Waals surface area contributed by atoms with E-state index in [1.165, 1.54) is 34.6 Å². The van der Waals surface area contributed by atoms with E-state index in [0.29, 0.717) is 25.9 Å². The minimum atomic E-state index is -3.78. The summed E-state index contributed by atoms with van der Waals surface area (Å²) in [7, 11) is -3.78. The normalized spacial score (nSPS) is 15.6. The zero-order chi connectivity index (χ0) is 20.3. The number of benzene rings is 2. The highest BCUT2D eigenvalue weighted by Crippen LogP contribution is 2.31. The largest absolute Gasteiger partial charge is 0.340 e. The first-order chi connectivity index (χ1) is 13.3. The van der Waals surface area contributed by atoms with Crippen molar-refractivity contribution in [3.05, 3.63) is 63.9 Å². The lowest BCUT2D eigenvalue weighted by molar-refractivity contribution is -0.132. The van der Waals surface area contributed by atoms with Crippen molar-refractivity contribution in [1.82, 2.24) is 9.21 Å². The predicted molar refractivity (Wildman–Crippen MR) is 107 cm³/mol. The Morgan fingerprint density at radius 2 is 1.64 bits per heavy atom. The van der Waals surface area contributed by atoms with E-state index in [1.54, 1.807) is 17.0 Å². The van der Waals surface area contributed by atoms with Gasteiger partial charge in [0.25, 0.3) is 0 Å². The monoisotopic (exact) mass is 444 g/mol. The molecule has 1 heterocycles. The molecule has 0 saturated carbocycles. The zero-order valence-corrected chi connectivity index (χ0v) is 17.3. The van der Waals surface area contributed by atoms with Crippen LogP contribution >= 0.6 is 23.2 Å². The van der Waals surface area contributed by atoms with Gasteiger partial charge in [-0.3, -0.25) is 4.79 Å². The van der Waals surface area contributed by atoms with Gasteiger partial charge >= 0.3 is 0 Å². The summed E-state index contributed by atoms with van der Waals surface area (Å²) in [5.41, 5.74) is 0.881. The molecule has 0 radical (unpaired) electrons. The summed E-state index contributed by atoms with van der Waals surface area (Å²) >= 11 is 12.0. The summed E-state index contributed by atoms with van der Waals surface area (Å²) in [6, 6.07) is 10.5. The van der Waals surface area contributed by atoms with Crippen LogP contribution in [0.4, 0.5) is 4.39 Å². The van der Waals surface area contributed by atoms with E-state index >= 15 is 0 Å². The van der Waals surface area contributed by atoms with Crippen LogP contribution in [-0.4, -0.2) is 49.7 Å². The molecule has 3 rings (SSSR count). The maximum absolute atomic E-state index is 12.9. The van der Waals surface area contributed by atoms with Gasteiger partial charge in [-0.2, -0.15) is 4.31 Å². The van der Waals surface area contributed by atoms with Crippen LogP contribution in [0.15, 0.2) is 47.4 Å². The molecule has 2 aromatic rings. The van der Waals surface area contributed by atoms with Crippen LogP contribution < -0.4 is 0 Å². The minimum Gasteiger partial charge on any atom is -0.340 e. The number of hydrogen-bond acceptors (Lipinski definition) is 3. The van der Waals surface area contributed by atoms with Crippen molar-refractivity contribution >= 4 is 39.1 Å². The van der Waals surface area contributed by atoms with Gasteiger partial charge in [-0.25, -0.2) is 12.8 Å². The quantitative estimate of drug-likeness (QED) is 0.707. The average Bonchev–Trinajstić information content (AvgIpc) is 2.69. The van der Waals surface area contributed by atoms with Crippen molar-refractivity contribution in [3.63, 3.8) is 0 Å². The second-order valence-electron chi connectivity index (χ2n) is 6.46. The highest BCUT2D eigenvalue weighted by Gasteiger charge is 2.31. The number of carbonyl (C=O) groups is 1. The lowest BCUT2D eigenvalue weighted by atomic mass is 10.1. The minimum absolute atomic E-state index is 0.00182. The van der Waals surface area contributed by atoms with Gasteiger partial charge in [0.1, 0.15) is 10.7 Å². The summed E-state index contributed by atoms with van der Waals surface area (Å²) in [5.74, 6) is -0.366. The molecule has 0 bridgehead atoms. The first kappa shape index (κ1) is 21.0. The molecule has 150 valence electrons. The summed E-state index contributed by atoms with van der Waals surface area (Å²) in [6.45, 7) is 0.986.